The predicted molar refractivity (Wildman–Crippen MR) is 103 cm³/mol. The number of nitriles is 2. The van der Waals surface area contributed by atoms with E-state index >= 15 is 0 Å². The summed E-state index contributed by atoms with van der Waals surface area (Å²) in [6.45, 7) is 1.59. The number of hydrogen-bond donors (Lipinski definition) is 1. The van der Waals surface area contributed by atoms with Crippen LogP contribution >= 0.6 is 15.9 Å². The molecule has 1 atom stereocenters. The van der Waals surface area contributed by atoms with Gasteiger partial charge in [-0.05, 0) is 41.1 Å². The maximum atomic E-state index is 14.5. The monoisotopic (exact) mass is 443 g/mol. The number of nitrogens with one attached hydrogen (secondary N) is 1. The van der Waals surface area contributed by atoms with Gasteiger partial charge in [0, 0.05) is 24.2 Å². The van der Waals surface area contributed by atoms with E-state index in [0.717, 1.165) is 12.1 Å². The van der Waals surface area contributed by atoms with Gasteiger partial charge >= 0.3 is 0 Å². The molecule has 0 unspecified atom stereocenters. The zero-order chi connectivity index (χ0) is 20.6. The lowest BCUT2D eigenvalue weighted by atomic mass is 10.0. The summed E-state index contributed by atoms with van der Waals surface area (Å²) in [6.07, 6.45) is 1.30. The van der Waals surface area contributed by atoms with Gasteiger partial charge < -0.3 is 9.88 Å². The van der Waals surface area contributed by atoms with Crippen molar-refractivity contribution in [3.05, 3.63) is 67.5 Å². The smallest absolute Gasteiger partial charge is 0.265 e. The first kappa shape index (κ1) is 19.5. The first-order valence-corrected chi connectivity index (χ1v) is 8.81. The van der Waals surface area contributed by atoms with Gasteiger partial charge in [-0.2, -0.15) is 10.5 Å². The lowest BCUT2D eigenvalue weighted by molar-refractivity contribution is 0.573. The molecule has 0 spiro atoms. The normalized spacial score (nSPS) is 11.7. The molecule has 0 saturated carbocycles. The van der Waals surface area contributed by atoms with Crippen LogP contribution in [0.5, 0.6) is 0 Å². The van der Waals surface area contributed by atoms with E-state index in [0.29, 0.717) is 10.9 Å². The first-order chi connectivity index (χ1) is 13.3. The van der Waals surface area contributed by atoms with Crippen molar-refractivity contribution in [3.8, 4) is 12.1 Å². The highest BCUT2D eigenvalue weighted by Gasteiger charge is 2.19. The van der Waals surface area contributed by atoms with Gasteiger partial charge in [0.15, 0.2) is 0 Å². The van der Waals surface area contributed by atoms with Crippen molar-refractivity contribution in [1.29, 1.82) is 10.5 Å². The van der Waals surface area contributed by atoms with Gasteiger partial charge in [0.2, 0.25) is 0 Å². The molecule has 0 aliphatic rings. The van der Waals surface area contributed by atoms with Crippen LogP contribution < -0.4 is 10.9 Å². The summed E-state index contributed by atoms with van der Waals surface area (Å²) in [5.74, 6) is -1.28. The van der Waals surface area contributed by atoms with Gasteiger partial charge in [-0.3, -0.25) is 4.79 Å². The van der Waals surface area contributed by atoms with E-state index in [1.807, 2.05) is 6.07 Å². The van der Waals surface area contributed by atoms with Crippen molar-refractivity contribution in [3.63, 3.8) is 0 Å². The van der Waals surface area contributed by atoms with Crippen LogP contribution in [0.25, 0.3) is 10.9 Å². The largest absolute Gasteiger partial charge is 0.363 e. The molecular formula is C19H12BrF2N5O. The third-order valence-electron chi connectivity index (χ3n) is 4.33. The maximum absolute atomic E-state index is 14.5. The lowest BCUT2D eigenvalue weighted by Gasteiger charge is -2.19. The SMILES string of the molecule is C[C@@H](Nc1ncc(C#N)c2c1cc(Br)c(=O)n2C)c1cc(F)cc(C#N)c1F. The molecule has 0 radical (unpaired) electrons. The number of benzene rings is 1. The number of hydrogen-bond acceptors (Lipinski definition) is 5. The highest BCUT2D eigenvalue weighted by Crippen LogP contribution is 2.29. The fourth-order valence-electron chi connectivity index (χ4n) is 2.95. The van der Waals surface area contributed by atoms with Crippen LogP contribution in [0.15, 0.2) is 33.7 Å². The van der Waals surface area contributed by atoms with E-state index in [1.54, 1.807) is 13.0 Å². The third-order valence-corrected chi connectivity index (χ3v) is 4.90. The second-order valence-corrected chi connectivity index (χ2v) is 6.94. The van der Waals surface area contributed by atoms with Gasteiger partial charge in [-0.15, -0.1) is 0 Å². The van der Waals surface area contributed by atoms with Gasteiger partial charge in [0.1, 0.15) is 29.6 Å². The van der Waals surface area contributed by atoms with Crippen molar-refractivity contribution < 1.29 is 8.78 Å². The minimum Gasteiger partial charge on any atom is -0.363 e. The summed E-state index contributed by atoms with van der Waals surface area (Å²) in [5.41, 5.74) is -0.211. The number of pyridine rings is 2. The zero-order valence-corrected chi connectivity index (χ0v) is 16.3. The Morgan fingerprint density at radius 1 is 1.21 bits per heavy atom. The van der Waals surface area contributed by atoms with E-state index < -0.39 is 23.2 Å². The van der Waals surface area contributed by atoms with Crippen LogP contribution in [0.1, 0.15) is 29.7 Å². The molecule has 1 aromatic carbocycles. The molecule has 2 aromatic heterocycles. The molecule has 2 heterocycles. The molecule has 3 rings (SSSR count). The van der Waals surface area contributed by atoms with Crippen molar-refractivity contribution in [2.75, 3.05) is 5.32 Å². The highest BCUT2D eigenvalue weighted by molar-refractivity contribution is 9.10. The summed E-state index contributed by atoms with van der Waals surface area (Å²) >= 11 is 3.18. The molecule has 140 valence electrons. The number of aryl methyl sites for hydroxylation is 1. The summed E-state index contributed by atoms with van der Waals surface area (Å²) in [4.78, 5) is 16.4. The number of rotatable bonds is 3. The Bertz CT molecular complexity index is 1260. The van der Waals surface area contributed by atoms with E-state index in [-0.39, 0.29) is 27.0 Å². The van der Waals surface area contributed by atoms with Crippen molar-refractivity contribution in [2.45, 2.75) is 13.0 Å². The van der Waals surface area contributed by atoms with Crippen LogP contribution in [-0.2, 0) is 7.05 Å². The van der Waals surface area contributed by atoms with Gasteiger partial charge in [0.25, 0.3) is 5.56 Å². The molecule has 0 aliphatic carbocycles. The molecule has 0 amide bonds. The van der Waals surface area contributed by atoms with E-state index in [1.165, 1.54) is 23.9 Å². The lowest BCUT2D eigenvalue weighted by Crippen LogP contribution is -2.19. The Labute approximate surface area is 166 Å². The minimum absolute atomic E-state index is 0.0419. The fourth-order valence-corrected chi connectivity index (χ4v) is 3.45. The van der Waals surface area contributed by atoms with Gasteiger partial charge in [-0.1, -0.05) is 0 Å². The van der Waals surface area contributed by atoms with Crippen molar-refractivity contribution >= 4 is 32.7 Å². The van der Waals surface area contributed by atoms with Crippen LogP contribution in [0, 0.1) is 34.3 Å². The number of anilines is 1. The topological polar surface area (TPSA) is 94.5 Å². The maximum Gasteiger partial charge on any atom is 0.265 e. The van der Waals surface area contributed by atoms with E-state index in [2.05, 4.69) is 26.2 Å². The molecule has 28 heavy (non-hydrogen) atoms. The van der Waals surface area contributed by atoms with Crippen molar-refractivity contribution in [1.82, 2.24) is 9.55 Å². The Kier molecular flexibility index (Phi) is 5.12. The first-order valence-electron chi connectivity index (χ1n) is 8.02. The number of aromatic nitrogens is 2. The molecule has 0 bridgehead atoms. The molecular weight excluding hydrogens is 432 g/mol. The fraction of sp³-hybridized carbons (Fsp3) is 0.158. The second kappa shape index (κ2) is 7.37. The summed E-state index contributed by atoms with van der Waals surface area (Å²) in [6, 6.07) is 6.21. The Balaban J connectivity index is 2.17. The Morgan fingerprint density at radius 3 is 2.54 bits per heavy atom. The van der Waals surface area contributed by atoms with E-state index in [9.17, 15) is 18.8 Å². The Morgan fingerprint density at radius 2 is 1.89 bits per heavy atom. The van der Waals surface area contributed by atoms with Crippen molar-refractivity contribution in [2.24, 2.45) is 7.05 Å². The molecule has 6 nitrogen and oxygen atoms in total. The third kappa shape index (κ3) is 3.21. The number of nitrogens with zero attached hydrogens (tertiary/aromatic N) is 4. The standard InChI is InChI=1S/C19H12BrF2N5O/c1-9(13-4-12(21)3-10(6-23)16(13)22)26-18-14-5-15(20)19(28)27(2)17(14)11(7-24)8-25-18/h3-5,8-9H,1-2H3,(H,25,26)/t9-/m1/s1. The molecule has 0 aliphatic heterocycles. The van der Waals surface area contributed by atoms with Crippen LogP contribution in [0.2, 0.25) is 0 Å². The Hall–Kier alpha value is -3.30. The molecule has 1 N–H and O–H groups in total. The predicted octanol–water partition coefficient (Wildman–Crippen LogP) is 3.89. The quantitative estimate of drug-likeness (QED) is 0.662. The number of fused-ring (bicyclic) bond motifs is 1. The average molecular weight is 444 g/mol. The van der Waals surface area contributed by atoms with Gasteiger partial charge in [0.05, 0.1) is 27.2 Å². The highest BCUT2D eigenvalue weighted by atomic mass is 79.9. The average Bonchev–Trinajstić information content (AvgIpc) is 2.67. The second-order valence-electron chi connectivity index (χ2n) is 6.09. The number of halogens is 3. The zero-order valence-electron chi connectivity index (χ0n) is 14.7. The molecule has 3 aromatic rings. The molecule has 0 fully saturated rings. The molecule has 0 saturated heterocycles. The van der Waals surface area contributed by atoms with Crippen LogP contribution in [0.3, 0.4) is 0 Å². The molecule has 9 heteroatoms. The minimum atomic E-state index is -0.824. The summed E-state index contributed by atoms with van der Waals surface area (Å²) < 4.78 is 29.8. The van der Waals surface area contributed by atoms with Gasteiger partial charge in [-0.25, -0.2) is 13.8 Å². The summed E-state index contributed by atoms with van der Waals surface area (Å²) in [7, 11) is 1.52. The van der Waals surface area contributed by atoms with E-state index in [4.69, 9.17) is 5.26 Å². The summed E-state index contributed by atoms with van der Waals surface area (Å²) in [5, 5.41) is 21.7. The van der Waals surface area contributed by atoms with Crippen LogP contribution in [0.4, 0.5) is 14.6 Å². The van der Waals surface area contributed by atoms with Crippen LogP contribution in [-0.4, -0.2) is 9.55 Å².